The van der Waals surface area contributed by atoms with Gasteiger partial charge in [-0.25, -0.2) is 0 Å². The Labute approximate surface area is 108 Å². The highest BCUT2D eigenvalue weighted by Gasteiger charge is 2.39. The normalized spacial score (nSPS) is 20.4. The van der Waals surface area contributed by atoms with Gasteiger partial charge in [0, 0.05) is 24.0 Å². The summed E-state index contributed by atoms with van der Waals surface area (Å²) in [4.78, 5) is 13.1. The molecule has 0 radical (unpaired) electrons. The molecular weight excluding hydrogens is 273 g/mol. The van der Waals surface area contributed by atoms with Crippen LogP contribution in [-0.2, 0) is 15.0 Å². The Balaban J connectivity index is 1.96. The number of nitrogens with one attached hydrogen (secondary N) is 1. The summed E-state index contributed by atoms with van der Waals surface area (Å²) in [5.41, 5.74) is 1.36. The lowest BCUT2D eigenvalue weighted by atomic mass is 10.2. The molecule has 19 heavy (non-hydrogen) atoms. The number of rotatable bonds is 2. The van der Waals surface area contributed by atoms with E-state index in [0.717, 1.165) is 10.9 Å². The molecule has 1 aromatic carbocycles. The van der Waals surface area contributed by atoms with Crippen molar-refractivity contribution in [2.75, 3.05) is 11.4 Å². The number of carbonyl (C=O) groups excluding carboxylic acids is 1. The lowest BCUT2D eigenvalue weighted by Gasteiger charge is -2.15. The van der Waals surface area contributed by atoms with Crippen molar-refractivity contribution in [3.63, 3.8) is 0 Å². The Morgan fingerprint density at radius 2 is 2.21 bits per heavy atom. The van der Waals surface area contributed by atoms with Crippen LogP contribution in [0.1, 0.15) is 6.42 Å². The quantitative estimate of drug-likeness (QED) is 0.832. The van der Waals surface area contributed by atoms with Crippen LogP contribution in [0, 0.1) is 0 Å². The Kier molecular flexibility index (Phi) is 2.56. The van der Waals surface area contributed by atoms with Crippen LogP contribution < -0.4 is 4.90 Å². The summed E-state index contributed by atoms with van der Waals surface area (Å²) in [7, 11) is -4.69. The number of anilines is 1. The Bertz CT molecular complexity index is 755. The lowest BCUT2D eigenvalue weighted by molar-refractivity contribution is -0.117. The van der Waals surface area contributed by atoms with E-state index >= 15 is 0 Å². The first-order valence-electron chi connectivity index (χ1n) is 5.62. The molecule has 1 amide bonds. The monoisotopic (exact) mass is 283 g/mol. The van der Waals surface area contributed by atoms with Gasteiger partial charge in [0.15, 0.2) is 0 Å². The minimum absolute atomic E-state index is 0.152. The molecule has 0 saturated carbocycles. The van der Waals surface area contributed by atoms with Gasteiger partial charge < -0.3 is 4.90 Å². The molecule has 8 heteroatoms. The van der Waals surface area contributed by atoms with Gasteiger partial charge in [-0.2, -0.15) is 13.5 Å². The van der Waals surface area contributed by atoms with Crippen molar-refractivity contribution < 1.29 is 17.1 Å². The van der Waals surface area contributed by atoms with E-state index in [2.05, 4.69) is 10.2 Å². The molecule has 0 bridgehead atoms. The number of aromatic amines is 1. The van der Waals surface area contributed by atoms with E-state index in [1.54, 1.807) is 24.4 Å². The van der Waals surface area contributed by atoms with Crippen molar-refractivity contribution in [1.29, 1.82) is 0 Å². The Morgan fingerprint density at radius 3 is 2.89 bits per heavy atom. The molecule has 1 aliphatic heterocycles. The summed E-state index contributed by atoms with van der Waals surface area (Å²) in [6.45, 7) is -0.152. The number of halogens is 1. The maximum atomic E-state index is 12.9. The zero-order valence-corrected chi connectivity index (χ0v) is 10.5. The van der Waals surface area contributed by atoms with Crippen molar-refractivity contribution >= 4 is 32.7 Å². The van der Waals surface area contributed by atoms with Gasteiger partial charge in [0.1, 0.15) is 5.25 Å². The molecule has 1 saturated heterocycles. The number of benzene rings is 1. The fourth-order valence-corrected chi connectivity index (χ4v) is 2.88. The van der Waals surface area contributed by atoms with Crippen molar-refractivity contribution in [3.8, 4) is 0 Å². The third-order valence-corrected chi connectivity index (χ3v) is 4.34. The average molecular weight is 283 g/mol. The van der Waals surface area contributed by atoms with E-state index in [1.807, 2.05) is 0 Å². The first kappa shape index (κ1) is 12.1. The van der Waals surface area contributed by atoms with Crippen LogP contribution in [0.2, 0.25) is 0 Å². The van der Waals surface area contributed by atoms with Gasteiger partial charge in [-0.05, 0) is 18.2 Å². The number of fused-ring (bicyclic) bond motifs is 1. The molecule has 0 spiro atoms. The van der Waals surface area contributed by atoms with Gasteiger partial charge in [0.2, 0.25) is 5.91 Å². The van der Waals surface area contributed by atoms with Gasteiger partial charge in [-0.15, -0.1) is 3.89 Å². The van der Waals surface area contributed by atoms with Gasteiger partial charge in [-0.3, -0.25) is 9.89 Å². The van der Waals surface area contributed by atoms with Gasteiger partial charge in [0.05, 0.1) is 11.7 Å². The molecule has 2 heterocycles. The molecule has 100 valence electrons. The van der Waals surface area contributed by atoms with Gasteiger partial charge in [-0.1, -0.05) is 0 Å². The SMILES string of the molecule is O=C1CC(S(=O)(=O)F)CN1c1ccc2[nH]ncc2c1. The van der Waals surface area contributed by atoms with Gasteiger partial charge >= 0.3 is 10.2 Å². The van der Waals surface area contributed by atoms with E-state index < -0.39 is 21.4 Å². The lowest BCUT2D eigenvalue weighted by Crippen LogP contribution is -2.26. The van der Waals surface area contributed by atoms with Crippen molar-refractivity contribution in [1.82, 2.24) is 10.2 Å². The highest BCUT2D eigenvalue weighted by atomic mass is 32.3. The molecular formula is C11H10FN3O3S. The number of hydrogen-bond donors (Lipinski definition) is 1. The zero-order chi connectivity index (χ0) is 13.6. The minimum atomic E-state index is -4.69. The molecule has 1 aliphatic rings. The summed E-state index contributed by atoms with van der Waals surface area (Å²) in [6.07, 6.45) is 1.28. The Hall–Kier alpha value is -1.96. The second-order valence-electron chi connectivity index (χ2n) is 4.45. The number of carbonyl (C=O) groups is 1. The Morgan fingerprint density at radius 1 is 1.42 bits per heavy atom. The van der Waals surface area contributed by atoms with Gasteiger partial charge in [0.25, 0.3) is 0 Å². The van der Waals surface area contributed by atoms with Crippen LogP contribution in [0.4, 0.5) is 9.57 Å². The topological polar surface area (TPSA) is 83.1 Å². The predicted octanol–water partition coefficient (Wildman–Crippen LogP) is 0.968. The molecule has 2 aromatic rings. The molecule has 3 rings (SSSR count). The maximum Gasteiger partial charge on any atom is 0.307 e. The second kappa shape index (κ2) is 4.02. The maximum absolute atomic E-state index is 12.9. The molecule has 1 atom stereocenters. The van der Waals surface area contributed by atoms with E-state index in [1.165, 1.54) is 4.90 Å². The van der Waals surface area contributed by atoms with Crippen LogP contribution in [-0.4, -0.2) is 36.3 Å². The fraction of sp³-hybridized carbons (Fsp3) is 0.273. The minimum Gasteiger partial charge on any atom is -0.311 e. The summed E-state index contributed by atoms with van der Waals surface area (Å²) < 4.78 is 34.7. The second-order valence-corrected chi connectivity index (χ2v) is 6.07. The summed E-state index contributed by atoms with van der Waals surface area (Å²) in [6, 6.07) is 5.12. The highest BCUT2D eigenvalue weighted by molar-refractivity contribution is 7.87. The van der Waals surface area contributed by atoms with Crippen molar-refractivity contribution in [3.05, 3.63) is 24.4 Å². The van der Waals surface area contributed by atoms with E-state index in [9.17, 15) is 17.1 Å². The van der Waals surface area contributed by atoms with E-state index in [-0.39, 0.29) is 13.0 Å². The molecule has 1 N–H and O–H groups in total. The third-order valence-electron chi connectivity index (χ3n) is 3.22. The van der Waals surface area contributed by atoms with E-state index in [4.69, 9.17) is 0 Å². The average Bonchev–Trinajstić information content (AvgIpc) is 2.92. The smallest absolute Gasteiger partial charge is 0.307 e. The summed E-state index contributed by atoms with van der Waals surface area (Å²) in [5, 5.41) is 6.16. The zero-order valence-electron chi connectivity index (χ0n) is 9.71. The number of aromatic nitrogens is 2. The number of hydrogen-bond acceptors (Lipinski definition) is 4. The molecule has 1 unspecified atom stereocenters. The van der Waals surface area contributed by atoms with Crippen LogP contribution >= 0.6 is 0 Å². The van der Waals surface area contributed by atoms with Crippen LogP contribution in [0.25, 0.3) is 10.9 Å². The fourth-order valence-electron chi connectivity index (χ4n) is 2.21. The highest BCUT2D eigenvalue weighted by Crippen LogP contribution is 2.27. The van der Waals surface area contributed by atoms with Crippen molar-refractivity contribution in [2.24, 2.45) is 0 Å². The van der Waals surface area contributed by atoms with Crippen LogP contribution in [0.5, 0.6) is 0 Å². The molecule has 1 fully saturated rings. The van der Waals surface area contributed by atoms with Crippen LogP contribution in [0.3, 0.4) is 0 Å². The molecule has 6 nitrogen and oxygen atoms in total. The molecule has 1 aromatic heterocycles. The van der Waals surface area contributed by atoms with Crippen molar-refractivity contribution in [2.45, 2.75) is 11.7 Å². The summed E-state index contributed by atoms with van der Waals surface area (Å²) >= 11 is 0. The first-order chi connectivity index (χ1) is 8.95. The summed E-state index contributed by atoms with van der Waals surface area (Å²) in [5.74, 6) is -0.394. The first-order valence-corrected chi connectivity index (χ1v) is 7.07. The third kappa shape index (κ3) is 2.07. The predicted molar refractivity (Wildman–Crippen MR) is 66.9 cm³/mol. The standard InChI is InChI=1S/C11H10FN3O3S/c12-19(17,18)9-4-11(16)15(6-9)8-1-2-10-7(3-8)5-13-14-10/h1-3,5,9H,4,6H2,(H,13,14). The number of amides is 1. The van der Waals surface area contributed by atoms with Crippen LogP contribution in [0.15, 0.2) is 24.4 Å². The van der Waals surface area contributed by atoms with E-state index in [0.29, 0.717) is 5.69 Å². The number of nitrogens with zero attached hydrogens (tertiary/aromatic N) is 2. The molecule has 0 aliphatic carbocycles. The number of H-pyrrole nitrogens is 1. The largest absolute Gasteiger partial charge is 0.311 e.